The second-order valence-corrected chi connectivity index (χ2v) is 6.08. The molecule has 0 aromatic heterocycles. The highest BCUT2D eigenvalue weighted by Gasteiger charge is 2.31. The SMILES string of the molecule is CCC1CCCCC1C(O)c1ccc2c(c1)COC2. The molecule has 2 nitrogen and oxygen atoms in total. The van der Waals surface area contributed by atoms with Gasteiger partial charge in [-0.2, -0.15) is 0 Å². The van der Waals surface area contributed by atoms with E-state index < -0.39 is 0 Å². The molecule has 0 saturated heterocycles. The van der Waals surface area contributed by atoms with Crippen molar-refractivity contribution < 1.29 is 9.84 Å². The van der Waals surface area contributed by atoms with Gasteiger partial charge in [0.05, 0.1) is 19.3 Å². The van der Waals surface area contributed by atoms with Gasteiger partial charge < -0.3 is 9.84 Å². The molecular formula is C17H24O2. The summed E-state index contributed by atoms with van der Waals surface area (Å²) in [7, 11) is 0. The molecule has 1 fully saturated rings. The lowest BCUT2D eigenvalue weighted by atomic mass is 9.73. The lowest BCUT2D eigenvalue weighted by Gasteiger charge is -2.34. The van der Waals surface area contributed by atoms with Crippen LogP contribution in [-0.2, 0) is 18.0 Å². The molecule has 2 heteroatoms. The summed E-state index contributed by atoms with van der Waals surface area (Å²) < 4.78 is 5.46. The number of hydrogen-bond acceptors (Lipinski definition) is 2. The zero-order valence-electron chi connectivity index (χ0n) is 11.8. The van der Waals surface area contributed by atoms with Crippen LogP contribution < -0.4 is 0 Å². The van der Waals surface area contributed by atoms with Crippen molar-refractivity contribution in [1.82, 2.24) is 0 Å². The summed E-state index contributed by atoms with van der Waals surface area (Å²) in [6.45, 7) is 3.69. The van der Waals surface area contributed by atoms with Crippen molar-refractivity contribution >= 4 is 0 Å². The molecule has 104 valence electrons. The summed E-state index contributed by atoms with van der Waals surface area (Å²) in [5.74, 6) is 1.13. The number of fused-ring (bicyclic) bond motifs is 1. The Morgan fingerprint density at radius 1 is 1.21 bits per heavy atom. The summed E-state index contributed by atoms with van der Waals surface area (Å²) >= 11 is 0. The van der Waals surface area contributed by atoms with Gasteiger partial charge >= 0.3 is 0 Å². The number of rotatable bonds is 3. The maximum absolute atomic E-state index is 10.7. The van der Waals surface area contributed by atoms with Crippen LogP contribution >= 0.6 is 0 Å². The van der Waals surface area contributed by atoms with Crippen LogP contribution in [0.5, 0.6) is 0 Å². The van der Waals surface area contributed by atoms with E-state index in [0.29, 0.717) is 18.4 Å². The van der Waals surface area contributed by atoms with Gasteiger partial charge in [0.2, 0.25) is 0 Å². The lowest BCUT2D eigenvalue weighted by Crippen LogP contribution is -2.25. The molecule has 1 aliphatic carbocycles. The molecule has 0 radical (unpaired) electrons. The fourth-order valence-corrected chi connectivity index (χ4v) is 3.78. The summed E-state index contributed by atoms with van der Waals surface area (Å²) in [6.07, 6.45) is 5.96. The van der Waals surface area contributed by atoms with Gasteiger partial charge in [-0.05, 0) is 34.9 Å². The molecule has 0 spiro atoms. The third-order valence-electron chi connectivity index (χ3n) is 4.98. The van der Waals surface area contributed by atoms with Crippen molar-refractivity contribution in [2.45, 2.75) is 58.3 Å². The average molecular weight is 260 g/mol. The van der Waals surface area contributed by atoms with E-state index in [9.17, 15) is 5.11 Å². The van der Waals surface area contributed by atoms with E-state index in [2.05, 4.69) is 25.1 Å². The normalized spacial score (nSPS) is 28.1. The van der Waals surface area contributed by atoms with Crippen LogP contribution in [0, 0.1) is 11.8 Å². The summed E-state index contributed by atoms with van der Waals surface area (Å²) in [6, 6.07) is 6.39. The number of benzene rings is 1. The van der Waals surface area contributed by atoms with E-state index in [0.717, 1.165) is 12.2 Å². The van der Waals surface area contributed by atoms with E-state index in [4.69, 9.17) is 4.74 Å². The van der Waals surface area contributed by atoms with Crippen molar-refractivity contribution in [3.05, 3.63) is 34.9 Å². The molecule has 1 aliphatic heterocycles. The third-order valence-corrected chi connectivity index (χ3v) is 4.98. The number of ether oxygens (including phenoxy) is 1. The van der Waals surface area contributed by atoms with Crippen molar-refractivity contribution in [3.8, 4) is 0 Å². The Kier molecular flexibility index (Phi) is 3.90. The Bertz CT molecular complexity index is 441. The molecule has 19 heavy (non-hydrogen) atoms. The number of aliphatic hydroxyl groups excluding tert-OH is 1. The van der Waals surface area contributed by atoms with Crippen molar-refractivity contribution in [2.75, 3.05) is 0 Å². The fourth-order valence-electron chi connectivity index (χ4n) is 3.78. The highest BCUT2D eigenvalue weighted by Crippen LogP contribution is 2.40. The predicted octanol–water partition coefficient (Wildman–Crippen LogP) is 3.97. The Labute approximate surface area is 115 Å². The van der Waals surface area contributed by atoms with Crippen molar-refractivity contribution in [2.24, 2.45) is 11.8 Å². The van der Waals surface area contributed by atoms with E-state index in [1.807, 2.05) is 0 Å². The minimum absolute atomic E-state index is 0.295. The van der Waals surface area contributed by atoms with Crippen LogP contribution in [0.3, 0.4) is 0 Å². The molecule has 0 bridgehead atoms. The van der Waals surface area contributed by atoms with Crippen LogP contribution in [0.4, 0.5) is 0 Å². The quantitative estimate of drug-likeness (QED) is 0.891. The Morgan fingerprint density at radius 3 is 2.84 bits per heavy atom. The largest absolute Gasteiger partial charge is 0.388 e. The molecular weight excluding hydrogens is 236 g/mol. The highest BCUT2D eigenvalue weighted by molar-refractivity contribution is 5.34. The van der Waals surface area contributed by atoms with Gasteiger partial charge in [-0.15, -0.1) is 0 Å². The van der Waals surface area contributed by atoms with E-state index in [1.165, 1.54) is 43.2 Å². The third kappa shape index (κ3) is 2.56. The second-order valence-electron chi connectivity index (χ2n) is 6.08. The molecule has 3 atom stereocenters. The first kappa shape index (κ1) is 13.1. The standard InChI is InChI=1S/C17H24O2/c1-2-12-5-3-4-6-16(12)17(18)13-7-8-14-10-19-11-15(14)9-13/h7-9,12,16-18H,2-6,10-11H2,1H3. The average Bonchev–Trinajstić information content (AvgIpc) is 2.93. The molecule has 1 heterocycles. The molecule has 3 unspecified atom stereocenters. The smallest absolute Gasteiger partial charge is 0.0820 e. The molecule has 1 saturated carbocycles. The number of aliphatic hydroxyl groups is 1. The Hall–Kier alpha value is -0.860. The monoisotopic (exact) mass is 260 g/mol. The molecule has 2 aliphatic rings. The van der Waals surface area contributed by atoms with Crippen LogP contribution in [0.2, 0.25) is 0 Å². The zero-order chi connectivity index (χ0) is 13.2. The molecule has 3 rings (SSSR count). The van der Waals surface area contributed by atoms with Gasteiger partial charge in [-0.1, -0.05) is 50.8 Å². The zero-order valence-corrected chi connectivity index (χ0v) is 11.8. The van der Waals surface area contributed by atoms with Gasteiger partial charge in [-0.3, -0.25) is 0 Å². The number of hydrogen-bond donors (Lipinski definition) is 1. The van der Waals surface area contributed by atoms with Crippen LogP contribution in [0.25, 0.3) is 0 Å². The van der Waals surface area contributed by atoms with Crippen LogP contribution in [-0.4, -0.2) is 5.11 Å². The first-order chi connectivity index (χ1) is 9.29. The van der Waals surface area contributed by atoms with Gasteiger partial charge in [0, 0.05) is 0 Å². The summed E-state index contributed by atoms with van der Waals surface area (Å²) in [4.78, 5) is 0. The molecule has 1 aromatic rings. The maximum atomic E-state index is 10.7. The Morgan fingerprint density at radius 2 is 2.00 bits per heavy atom. The molecule has 1 N–H and O–H groups in total. The fraction of sp³-hybridized carbons (Fsp3) is 0.647. The highest BCUT2D eigenvalue weighted by atomic mass is 16.5. The second kappa shape index (κ2) is 5.64. The van der Waals surface area contributed by atoms with Crippen molar-refractivity contribution in [3.63, 3.8) is 0 Å². The molecule has 1 aromatic carbocycles. The lowest BCUT2D eigenvalue weighted by molar-refractivity contribution is 0.0451. The van der Waals surface area contributed by atoms with E-state index in [-0.39, 0.29) is 6.10 Å². The predicted molar refractivity (Wildman–Crippen MR) is 75.6 cm³/mol. The first-order valence-corrected chi connectivity index (χ1v) is 7.67. The Balaban J connectivity index is 1.80. The minimum Gasteiger partial charge on any atom is -0.388 e. The van der Waals surface area contributed by atoms with Gasteiger partial charge in [-0.25, -0.2) is 0 Å². The topological polar surface area (TPSA) is 29.5 Å². The van der Waals surface area contributed by atoms with Gasteiger partial charge in [0.15, 0.2) is 0 Å². The van der Waals surface area contributed by atoms with Gasteiger partial charge in [0.25, 0.3) is 0 Å². The summed E-state index contributed by atoms with van der Waals surface area (Å²) in [5, 5.41) is 10.7. The van der Waals surface area contributed by atoms with Crippen molar-refractivity contribution in [1.29, 1.82) is 0 Å². The van der Waals surface area contributed by atoms with E-state index >= 15 is 0 Å². The summed E-state index contributed by atoms with van der Waals surface area (Å²) in [5.41, 5.74) is 3.64. The van der Waals surface area contributed by atoms with E-state index in [1.54, 1.807) is 0 Å². The first-order valence-electron chi connectivity index (χ1n) is 7.67. The minimum atomic E-state index is -0.295. The maximum Gasteiger partial charge on any atom is 0.0820 e. The van der Waals surface area contributed by atoms with Crippen LogP contribution in [0.15, 0.2) is 18.2 Å². The van der Waals surface area contributed by atoms with Crippen LogP contribution in [0.1, 0.15) is 61.8 Å². The molecule has 0 amide bonds. The van der Waals surface area contributed by atoms with Gasteiger partial charge in [0.1, 0.15) is 0 Å².